The first-order chi connectivity index (χ1) is 21.3. The number of nitrogens with two attached hydrogens (primary N) is 1. The van der Waals surface area contributed by atoms with Gasteiger partial charge in [-0.05, 0) is 48.9 Å². The Hall–Kier alpha value is -4.87. The van der Waals surface area contributed by atoms with Crippen LogP contribution in [0.5, 0.6) is 0 Å². The topological polar surface area (TPSA) is 112 Å². The Kier molecular flexibility index (Phi) is 6.98. The van der Waals surface area contributed by atoms with Crippen molar-refractivity contribution in [3.8, 4) is 22.4 Å². The molecule has 12 heteroatoms. The fraction of sp³-hybridized carbons (Fsp3) is 0.188. The Bertz CT molecular complexity index is 2130. The molecule has 3 aromatic carbocycles. The van der Waals surface area contributed by atoms with Crippen molar-refractivity contribution in [2.75, 3.05) is 36.9 Å². The zero-order valence-electron chi connectivity index (χ0n) is 23.4. The van der Waals surface area contributed by atoms with E-state index in [0.717, 1.165) is 18.8 Å². The van der Waals surface area contributed by atoms with Crippen molar-refractivity contribution in [2.24, 2.45) is 0 Å². The lowest BCUT2D eigenvalue weighted by atomic mass is 9.99. The molecular weight excluding hydrogens is 590 g/mol. The molecule has 4 heterocycles. The van der Waals surface area contributed by atoms with Crippen molar-refractivity contribution >= 4 is 45.1 Å². The normalized spacial score (nSPS) is 14.4. The van der Waals surface area contributed by atoms with Crippen molar-refractivity contribution in [3.63, 3.8) is 0 Å². The molecular formula is C32H25ClF2N6O3. The Labute approximate surface area is 254 Å². The summed E-state index contributed by atoms with van der Waals surface area (Å²) in [6.07, 6.45) is 1.32. The monoisotopic (exact) mass is 614 g/mol. The second kappa shape index (κ2) is 11.0. The minimum atomic E-state index is -0.776. The van der Waals surface area contributed by atoms with Gasteiger partial charge < -0.3 is 19.8 Å². The quantitative estimate of drug-likeness (QED) is 0.243. The maximum absolute atomic E-state index is 14.9. The van der Waals surface area contributed by atoms with Crippen LogP contribution in [-0.2, 0) is 4.74 Å². The molecule has 9 nitrogen and oxygen atoms in total. The van der Waals surface area contributed by atoms with E-state index in [4.69, 9.17) is 31.6 Å². The van der Waals surface area contributed by atoms with Gasteiger partial charge in [0.2, 0.25) is 5.43 Å². The van der Waals surface area contributed by atoms with Gasteiger partial charge in [0.1, 0.15) is 52.2 Å². The summed E-state index contributed by atoms with van der Waals surface area (Å²) in [6.45, 7) is 4.45. The Morgan fingerprint density at radius 2 is 1.77 bits per heavy atom. The number of hydrogen-bond donors (Lipinski definition) is 1. The standard InChI is InChI=1S/C32H25ClF2N6O3/c1-17(30-25(18-4-2-5-20(34)14-18)29(42)26-22(35)6-3-7-24(26)44-30)41-32-27(31(36)37-16-38-32)28(39-41)19-8-9-23(21(33)15-19)40-10-12-43-13-11-40/h2-9,14-17H,10-13H2,1H3,(H2,36,37,38)/t17-/m1/s1. The number of nitrogen functional groups attached to an aromatic ring is 1. The maximum Gasteiger partial charge on any atom is 0.203 e. The zero-order chi connectivity index (χ0) is 30.5. The molecule has 222 valence electrons. The third-order valence-corrected chi connectivity index (χ3v) is 8.15. The highest BCUT2D eigenvalue weighted by atomic mass is 35.5. The summed E-state index contributed by atoms with van der Waals surface area (Å²) in [5.41, 5.74) is 8.44. The number of aromatic nitrogens is 4. The van der Waals surface area contributed by atoms with E-state index in [0.29, 0.717) is 40.5 Å². The molecule has 44 heavy (non-hydrogen) atoms. The first-order valence-corrected chi connectivity index (χ1v) is 14.3. The lowest BCUT2D eigenvalue weighted by Gasteiger charge is -2.29. The highest BCUT2D eigenvalue weighted by molar-refractivity contribution is 6.33. The Morgan fingerprint density at radius 3 is 2.55 bits per heavy atom. The van der Waals surface area contributed by atoms with Crippen molar-refractivity contribution in [2.45, 2.75) is 13.0 Å². The summed E-state index contributed by atoms with van der Waals surface area (Å²) < 4.78 is 42.5. The highest BCUT2D eigenvalue weighted by Gasteiger charge is 2.28. The number of rotatable bonds is 5. The van der Waals surface area contributed by atoms with Gasteiger partial charge in [-0.1, -0.05) is 35.9 Å². The first kappa shape index (κ1) is 27.9. The predicted molar refractivity (Wildman–Crippen MR) is 165 cm³/mol. The summed E-state index contributed by atoms with van der Waals surface area (Å²) in [5, 5.41) is 5.68. The van der Waals surface area contributed by atoms with Crippen LogP contribution in [-0.4, -0.2) is 46.1 Å². The molecule has 0 radical (unpaired) electrons. The molecule has 0 aliphatic carbocycles. The minimum absolute atomic E-state index is 0.0136. The highest BCUT2D eigenvalue weighted by Crippen LogP contribution is 2.38. The number of fused-ring (bicyclic) bond motifs is 2. The zero-order valence-corrected chi connectivity index (χ0v) is 24.2. The van der Waals surface area contributed by atoms with Gasteiger partial charge in [0.25, 0.3) is 0 Å². The molecule has 0 amide bonds. The molecule has 1 aliphatic heterocycles. The average molecular weight is 615 g/mol. The number of morpholine rings is 1. The first-order valence-electron chi connectivity index (χ1n) is 13.9. The number of benzene rings is 3. The van der Waals surface area contributed by atoms with Crippen LogP contribution in [0.4, 0.5) is 20.3 Å². The number of nitrogens with zero attached hydrogens (tertiary/aromatic N) is 5. The SMILES string of the molecule is C[C@H](c1oc2cccc(F)c2c(=O)c1-c1cccc(F)c1)n1nc(-c2ccc(N3CCOCC3)c(Cl)c2)c2c(N)ncnc21. The van der Waals surface area contributed by atoms with E-state index in [1.165, 1.54) is 42.7 Å². The smallest absolute Gasteiger partial charge is 0.203 e. The summed E-state index contributed by atoms with van der Waals surface area (Å²) in [4.78, 5) is 24.7. The second-order valence-corrected chi connectivity index (χ2v) is 10.9. The Balaban J connectivity index is 1.43. The number of anilines is 2. The molecule has 0 saturated carbocycles. The second-order valence-electron chi connectivity index (χ2n) is 10.5. The molecule has 0 unspecified atom stereocenters. The van der Waals surface area contributed by atoms with E-state index in [9.17, 15) is 13.6 Å². The summed E-state index contributed by atoms with van der Waals surface area (Å²) in [6, 6.07) is 14.5. The molecule has 0 spiro atoms. The van der Waals surface area contributed by atoms with Gasteiger partial charge in [-0.2, -0.15) is 5.10 Å². The van der Waals surface area contributed by atoms with Gasteiger partial charge in [0.15, 0.2) is 5.65 Å². The molecule has 3 aromatic heterocycles. The van der Waals surface area contributed by atoms with E-state index in [1.807, 2.05) is 18.2 Å². The van der Waals surface area contributed by atoms with Crippen LogP contribution in [0.3, 0.4) is 0 Å². The maximum atomic E-state index is 14.9. The molecule has 1 aliphatic rings. The molecule has 1 fully saturated rings. The number of hydrogen-bond acceptors (Lipinski definition) is 8. The van der Waals surface area contributed by atoms with Crippen molar-refractivity contribution in [1.82, 2.24) is 19.7 Å². The molecule has 2 N–H and O–H groups in total. The van der Waals surface area contributed by atoms with Crippen LogP contribution in [0.25, 0.3) is 44.4 Å². The van der Waals surface area contributed by atoms with Crippen LogP contribution in [0.15, 0.2) is 76.2 Å². The van der Waals surface area contributed by atoms with Gasteiger partial charge >= 0.3 is 0 Å². The average Bonchev–Trinajstić information content (AvgIpc) is 3.42. The van der Waals surface area contributed by atoms with Crippen LogP contribution in [0, 0.1) is 11.6 Å². The van der Waals surface area contributed by atoms with E-state index in [1.54, 1.807) is 17.7 Å². The molecule has 1 saturated heterocycles. The lowest BCUT2D eigenvalue weighted by molar-refractivity contribution is 0.122. The summed E-state index contributed by atoms with van der Waals surface area (Å²) in [7, 11) is 0. The number of ether oxygens (including phenoxy) is 1. The van der Waals surface area contributed by atoms with Crippen LogP contribution < -0.4 is 16.1 Å². The summed E-state index contributed by atoms with van der Waals surface area (Å²) >= 11 is 6.77. The van der Waals surface area contributed by atoms with Gasteiger partial charge in [0, 0.05) is 18.7 Å². The predicted octanol–water partition coefficient (Wildman–Crippen LogP) is 6.23. The molecule has 7 rings (SSSR count). The van der Waals surface area contributed by atoms with Gasteiger partial charge in [-0.3, -0.25) is 4.79 Å². The van der Waals surface area contributed by atoms with Crippen LogP contribution in [0.2, 0.25) is 5.02 Å². The van der Waals surface area contributed by atoms with Crippen molar-refractivity contribution in [3.05, 3.63) is 99.6 Å². The van der Waals surface area contributed by atoms with Crippen molar-refractivity contribution < 1.29 is 17.9 Å². The van der Waals surface area contributed by atoms with E-state index in [-0.39, 0.29) is 33.7 Å². The Morgan fingerprint density at radius 1 is 0.977 bits per heavy atom. The fourth-order valence-electron chi connectivity index (χ4n) is 5.72. The molecule has 1 atom stereocenters. The van der Waals surface area contributed by atoms with Gasteiger partial charge in [0.05, 0.1) is 34.9 Å². The van der Waals surface area contributed by atoms with Gasteiger partial charge in [-0.15, -0.1) is 0 Å². The summed E-state index contributed by atoms with van der Waals surface area (Å²) in [5.74, 6) is -0.950. The van der Waals surface area contributed by atoms with Crippen molar-refractivity contribution in [1.29, 1.82) is 0 Å². The largest absolute Gasteiger partial charge is 0.458 e. The van der Waals surface area contributed by atoms with Gasteiger partial charge in [-0.25, -0.2) is 23.4 Å². The van der Waals surface area contributed by atoms with Crippen LogP contribution >= 0.6 is 11.6 Å². The fourth-order valence-corrected chi connectivity index (χ4v) is 6.02. The molecule has 0 bridgehead atoms. The third kappa shape index (κ3) is 4.65. The lowest BCUT2D eigenvalue weighted by Crippen LogP contribution is -2.36. The third-order valence-electron chi connectivity index (χ3n) is 7.85. The van der Waals surface area contributed by atoms with Crippen LogP contribution in [0.1, 0.15) is 18.7 Å². The minimum Gasteiger partial charge on any atom is -0.458 e. The number of halogens is 3. The molecule has 6 aromatic rings. The van der Waals surface area contributed by atoms with E-state index < -0.39 is 23.1 Å². The van der Waals surface area contributed by atoms with E-state index in [2.05, 4.69) is 14.9 Å². The van der Waals surface area contributed by atoms with E-state index >= 15 is 0 Å².